The Morgan fingerprint density at radius 1 is 1.07 bits per heavy atom. The topological polar surface area (TPSA) is 23.6 Å². The van der Waals surface area contributed by atoms with Gasteiger partial charge >= 0.3 is 0 Å². The van der Waals surface area contributed by atoms with Crippen LogP contribution < -0.4 is 4.90 Å². The van der Waals surface area contributed by atoms with Gasteiger partial charge in [-0.05, 0) is 49.4 Å². The molecule has 1 heterocycles. The molecule has 3 nitrogen and oxygen atoms in total. The Balaban J connectivity index is 0.00000261. The molecule has 0 unspecified atom stereocenters. The summed E-state index contributed by atoms with van der Waals surface area (Å²) < 4.78 is 0. The number of benzene rings is 2. The first kappa shape index (κ1) is 21.5. The maximum absolute atomic E-state index is 12.6. The zero-order valence-corrected chi connectivity index (χ0v) is 17.3. The lowest BCUT2D eigenvalue weighted by atomic mass is 10.0. The van der Waals surface area contributed by atoms with Crippen molar-refractivity contribution in [2.24, 2.45) is 0 Å². The highest BCUT2D eigenvalue weighted by molar-refractivity contribution is 5.93. The van der Waals surface area contributed by atoms with E-state index in [-0.39, 0.29) is 18.3 Å². The number of hydrogen-bond donors (Lipinski definition) is 0. The van der Waals surface area contributed by atoms with Crippen molar-refractivity contribution in [3.8, 4) is 0 Å². The predicted molar refractivity (Wildman–Crippen MR) is 116 cm³/mol. The minimum Gasteiger partial charge on any atom is -0.309 e. The monoisotopic (exact) mass is 386 g/mol. The van der Waals surface area contributed by atoms with Gasteiger partial charge in [-0.3, -0.25) is 4.79 Å². The van der Waals surface area contributed by atoms with Crippen LogP contribution in [0.25, 0.3) is 0 Å². The fraction of sp³-hybridized carbons (Fsp3) is 0.435. The second-order valence-corrected chi connectivity index (χ2v) is 7.26. The lowest BCUT2D eigenvalue weighted by molar-refractivity contribution is -0.119. The smallest absolute Gasteiger partial charge is 0.226 e. The summed E-state index contributed by atoms with van der Waals surface area (Å²) in [6.45, 7) is 7.28. The minimum absolute atomic E-state index is 0. The number of anilines is 1. The second-order valence-electron chi connectivity index (χ2n) is 7.26. The van der Waals surface area contributed by atoms with Crippen LogP contribution in [0.15, 0.2) is 54.6 Å². The number of hydrogen-bond acceptors (Lipinski definition) is 2. The van der Waals surface area contributed by atoms with E-state index in [1.54, 1.807) is 0 Å². The third kappa shape index (κ3) is 5.82. The molecule has 0 aromatic heterocycles. The van der Waals surface area contributed by atoms with E-state index in [0.717, 1.165) is 44.6 Å². The van der Waals surface area contributed by atoms with Crippen molar-refractivity contribution in [3.63, 3.8) is 0 Å². The van der Waals surface area contributed by atoms with Crippen LogP contribution in [0.4, 0.5) is 5.69 Å². The molecule has 4 heteroatoms. The highest BCUT2D eigenvalue weighted by Crippen LogP contribution is 2.25. The highest BCUT2D eigenvalue weighted by Gasteiger charge is 2.28. The summed E-state index contributed by atoms with van der Waals surface area (Å²) in [7, 11) is 0. The second kappa shape index (κ2) is 10.5. The zero-order valence-electron chi connectivity index (χ0n) is 16.4. The quantitative estimate of drug-likeness (QED) is 0.707. The zero-order chi connectivity index (χ0) is 18.4. The van der Waals surface area contributed by atoms with Gasteiger partial charge in [-0.25, -0.2) is 0 Å². The first-order valence-corrected chi connectivity index (χ1v) is 9.82. The van der Waals surface area contributed by atoms with E-state index in [9.17, 15) is 4.79 Å². The van der Waals surface area contributed by atoms with E-state index in [1.807, 2.05) is 6.92 Å². The largest absolute Gasteiger partial charge is 0.309 e. The average Bonchev–Trinajstić information content (AvgIpc) is 2.68. The Kier molecular flexibility index (Phi) is 8.33. The first-order valence-electron chi connectivity index (χ1n) is 9.82. The van der Waals surface area contributed by atoms with Gasteiger partial charge in [-0.2, -0.15) is 0 Å². The van der Waals surface area contributed by atoms with Crippen LogP contribution in [0.5, 0.6) is 0 Å². The van der Waals surface area contributed by atoms with Gasteiger partial charge in [-0.1, -0.05) is 49.4 Å². The van der Waals surface area contributed by atoms with Crippen LogP contribution in [0.2, 0.25) is 0 Å². The fourth-order valence-corrected chi connectivity index (χ4v) is 3.84. The molecule has 0 radical (unpaired) electrons. The fourth-order valence-electron chi connectivity index (χ4n) is 3.84. The summed E-state index contributed by atoms with van der Waals surface area (Å²) in [6.07, 6.45) is 3.76. The lowest BCUT2D eigenvalue weighted by Gasteiger charge is -2.38. The molecule has 2 aromatic carbocycles. The first-order chi connectivity index (χ1) is 12.7. The highest BCUT2D eigenvalue weighted by atomic mass is 35.5. The normalized spacial score (nSPS) is 15.2. The SMILES string of the molecule is CCC(=O)N(c1cccc(C)c1)C1CCN(CCc2ccccc2)CC1.Cl. The summed E-state index contributed by atoms with van der Waals surface area (Å²) in [4.78, 5) is 17.2. The molecule has 1 saturated heterocycles. The van der Waals surface area contributed by atoms with Crippen molar-refractivity contribution in [1.29, 1.82) is 0 Å². The summed E-state index contributed by atoms with van der Waals surface area (Å²) in [5, 5.41) is 0. The number of aryl methyl sites for hydroxylation is 1. The van der Waals surface area contributed by atoms with Gasteiger partial charge in [-0.15, -0.1) is 12.4 Å². The molecule has 0 saturated carbocycles. The maximum Gasteiger partial charge on any atom is 0.226 e. The number of halogens is 1. The van der Waals surface area contributed by atoms with Crippen molar-refractivity contribution in [3.05, 3.63) is 65.7 Å². The Labute approximate surface area is 169 Å². The van der Waals surface area contributed by atoms with Crippen LogP contribution in [-0.2, 0) is 11.2 Å². The summed E-state index contributed by atoms with van der Waals surface area (Å²) in [5.41, 5.74) is 3.66. The molecule has 0 spiro atoms. The molecular weight excluding hydrogens is 356 g/mol. The molecule has 1 aliphatic rings. The summed E-state index contributed by atoms with van der Waals surface area (Å²) in [6, 6.07) is 19.3. The number of amides is 1. The minimum atomic E-state index is 0. The number of piperidine rings is 1. The van der Waals surface area contributed by atoms with Gasteiger partial charge in [0.15, 0.2) is 0 Å². The van der Waals surface area contributed by atoms with E-state index >= 15 is 0 Å². The molecule has 0 aliphatic carbocycles. The third-order valence-electron chi connectivity index (χ3n) is 5.33. The number of carbonyl (C=O) groups excluding carboxylic acids is 1. The lowest BCUT2D eigenvalue weighted by Crippen LogP contribution is -2.48. The molecule has 1 amide bonds. The van der Waals surface area contributed by atoms with Crippen molar-refractivity contribution < 1.29 is 4.79 Å². The average molecular weight is 387 g/mol. The number of carbonyl (C=O) groups is 1. The van der Waals surface area contributed by atoms with E-state index in [2.05, 4.69) is 71.3 Å². The van der Waals surface area contributed by atoms with Crippen molar-refractivity contribution in [2.45, 2.75) is 45.6 Å². The third-order valence-corrected chi connectivity index (χ3v) is 5.33. The van der Waals surface area contributed by atoms with Gasteiger partial charge < -0.3 is 9.80 Å². The van der Waals surface area contributed by atoms with Gasteiger partial charge in [0, 0.05) is 37.8 Å². The number of rotatable bonds is 6. The van der Waals surface area contributed by atoms with Crippen molar-refractivity contribution in [2.75, 3.05) is 24.5 Å². The molecule has 0 N–H and O–H groups in total. The molecule has 1 aliphatic heterocycles. The molecule has 0 atom stereocenters. The maximum atomic E-state index is 12.6. The Hall–Kier alpha value is -1.84. The van der Waals surface area contributed by atoms with Crippen LogP contribution in [0.3, 0.4) is 0 Å². The van der Waals surface area contributed by atoms with Crippen molar-refractivity contribution >= 4 is 24.0 Å². The summed E-state index contributed by atoms with van der Waals surface area (Å²) >= 11 is 0. The number of nitrogens with zero attached hydrogens (tertiary/aromatic N) is 2. The van der Waals surface area contributed by atoms with E-state index in [1.165, 1.54) is 11.1 Å². The van der Waals surface area contributed by atoms with Gasteiger partial charge in [0.25, 0.3) is 0 Å². The van der Waals surface area contributed by atoms with E-state index < -0.39 is 0 Å². The van der Waals surface area contributed by atoms with Crippen LogP contribution in [0.1, 0.15) is 37.3 Å². The Morgan fingerprint density at radius 2 is 1.78 bits per heavy atom. The Morgan fingerprint density at radius 3 is 2.41 bits per heavy atom. The molecule has 0 bridgehead atoms. The molecule has 3 rings (SSSR count). The standard InChI is InChI=1S/C23H30N2O.ClH/c1-3-23(26)25(22-11-7-8-19(2)18-22)21-13-16-24(17-14-21)15-12-20-9-5-4-6-10-20;/h4-11,18,21H,3,12-17H2,1-2H3;1H. The van der Waals surface area contributed by atoms with E-state index in [0.29, 0.717) is 12.5 Å². The number of likely N-dealkylation sites (tertiary alicyclic amines) is 1. The van der Waals surface area contributed by atoms with Crippen molar-refractivity contribution in [1.82, 2.24) is 4.90 Å². The van der Waals surface area contributed by atoms with Crippen LogP contribution in [-0.4, -0.2) is 36.5 Å². The predicted octanol–water partition coefficient (Wildman–Crippen LogP) is 4.87. The molecular formula is C23H31ClN2O. The van der Waals surface area contributed by atoms with E-state index in [4.69, 9.17) is 0 Å². The molecule has 27 heavy (non-hydrogen) atoms. The van der Waals surface area contributed by atoms with Gasteiger partial charge in [0.05, 0.1) is 0 Å². The van der Waals surface area contributed by atoms with Crippen LogP contribution >= 0.6 is 12.4 Å². The van der Waals surface area contributed by atoms with Crippen LogP contribution in [0, 0.1) is 6.92 Å². The molecule has 146 valence electrons. The molecule has 1 fully saturated rings. The summed E-state index contributed by atoms with van der Waals surface area (Å²) in [5.74, 6) is 0.235. The van der Waals surface area contributed by atoms with Gasteiger partial charge in [0.2, 0.25) is 5.91 Å². The van der Waals surface area contributed by atoms with Gasteiger partial charge in [0.1, 0.15) is 0 Å². The Bertz CT molecular complexity index is 711. The molecule has 2 aromatic rings.